The minimum absolute atomic E-state index is 0.212. The highest BCUT2D eigenvalue weighted by molar-refractivity contribution is 6.74. The molecule has 0 fully saturated rings. The summed E-state index contributed by atoms with van der Waals surface area (Å²) in [5.41, 5.74) is 2.45. The fraction of sp³-hybridized carbons (Fsp3) is 0.617. The summed E-state index contributed by atoms with van der Waals surface area (Å²) in [4.78, 5) is 0. The first-order valence-electron chi connectivity index (χ1n) is 21.5. The molecule has 0 saturated heterocycles. The summed E-state index contributed by atoms with van der Waals surface area (Å²) in [6, 6.07) is 31.0. The standard InChI is InChI=1S/C47H74O12Si/c1-46(2,3)60(4,5)59-42-40-57-38-36-55-34-32-53-30-28-51-26-24-49-22-21-48-23-25-50-27-29-52-31-33-54-35-37-56-39-41-58-47(43-15-9-6-10-16-43,44-17-11-7-12-18-44)45-19-13-8-14-20-45/h6-20H,21-42H2,1-5H3. The molecule has 12 nitrogen and oxygen atoms in total. The second-order valence-electron chi connectivity index (χ2n) is 15.4. The normalized spacial score (nSPS) is 12.3. The Morgan fingerprint density at radius 1 is 0.317 bits per heavy atom. The van der Waals surface area contributed by atoms with Crippen molar-refractivity contribution >= 4 is 8.32 Å². The Kier molecular flexibility index (Phi) is 27.7. The van der Waals surface area contributed by atoms with Gasteiger partial charge in [-0.1, -0.05) is 112 Å². The van der Waals surface area contributed by atoms with Crippen LogP contribution in [0.2, 0.25) is 18.1 Å². The molecule has 0 bridgehead atoms. The average Bonchev–Trinajstić information content (AvgIpc) is 3.25. The molecule has 0 aliphatic carbocycles. The van der Waals surface area contributed by atoms with E-state index in [0.29, 0.717) is 145 Å². The van der Waals surface area contributed by atoms with Crippen LogP contribution in [0.15, 0.2) is 91.0 Å². The van der Waals surface area contributed by atoms with Crippen molar-refractivity contribution in [3.63, 3.8) is 0 Å². The van der Waals surface area contributed by atoms with E-state index in [9.17, 15) is 0 Å². The smallest absolute Gasteiger partial charge is 0.192 e. The van der Waals surface area contributed by atoms with Gasteiger partial charge in [0, 0.05) is 0 Å². The van der Waals surface area contributed by atoms with Crippen LogP contribution in [-0.4, -0.2) is 154 Å². The van der Waals surface area contributed by atoms with Crippen LogP contribution in [0.4, 0.5) is 0 Å². The second-order valence-corrected chi connectivity index (χ2v) is 20.2. The van der Waals surface area contributed by atoms with E-state index in [1.165, 1.54) is 0 Å². The van der Waals surface area contributed by atoms with Gasteiger partial charge in [0.2, 0.25) is 0 Å². The molecule has 13 heteroatoms. The molecule has 60 heavy (non-hydrogen) atoms. The maximum Gasteiger partial charge on any atom is 0.192 e. The summed E-state index contributed by atoms with van der Waals surface area (Å²) >= 11 is 0. The minimum Gasteiger partial charge on any atom is -0.414 e. The molecular weight excluding hydrogens is 785 g/mol. The van der Waals surface area contributed by atoms with Crippen molar-refractivity contribution < 1.29 is 56.5 Å². The molecule has 0 atom stereocenters. The maximum absolute atomic E-state index is 6.74. The Hall–Kier alpha value is -2.60. The lowest BCUT2D eigenvalue weighted by molar-refractivity contribution is -0.0399. The van der Waals surface area contributed by atoms with Gasteiger partial charge in [-0.25, -0.2) is 0 Å². The van der Waals surface area contributed by atoms with Crippen LogP contribution >= 0.6 is 0 Å². The van der Waals surface area contributed by atoms with Gasteiger partial charge in [-0.05, 0) is 34.8 Å². The van der Waals surface area contributed by atoms with Crippen LogP contribution < -0.4 is 0 Å². The quantitative estimate of drug-likeness (QED) is 0.0331. The van der Waals surface area contributed by atoms with Crippen LogP contribution in [0.3, 0.4) is 0 Å². The van der Waals surface area contributed by atoms with Gasteiger partial charge in [-0.2, -0.15) is 0 Å². The van der Waals surface area contributed by atoms with Crippen molar-refractivity contribution in [2.75, 3.05) is 145 Å². The van der Waals surface area contributed by atoms with Crippen molar-refractivity contribution in [3.8, 4) is 0 Å². The molecule has 0 aliphatic rings. The van der Waals surface area contributed by atoms with E-state index in [-0.39, 0.29) is 5.04 Å². The predicted octanol–water partition coefficient (Wildman–Crippen LogP) is 7.18. The monoisotopic (exact) mass is 858 g/mol. The molecule has 0 aliphatic heterocycles. The summed E-state index contributed by atoms with van der Waals surface area (Å²) in [5, 5.41) is 0.212. The highest BCUT2D eigenvalue weighted by atomic mass is 28.4. The zero-order valence-corrected chi connectivity index (χ0v) is 38.1. The van der Waals surface area contributed by atoms with E-state index in [0.717, 1.165) is 16.7 Å². The van der Waals surface area contributed by atoms with Crippen molar-refractivity contribution in [2.24, 2.45) is 0 Å². The molecule has 0 unspecified atom stereocenters. The molecule has 0 N–H and O–H groups in total. The fourth-order valence-electron chi connectivity index (χ4n) is 5.68. The van der Waals surface area contributed by atoms with Crippen molar-refractivity contribution in [2.45, 2.75) is 44.5 Å². The van der Waals surface area contributed by atoms with E-state index < -0.39 is 13.9 Å². The zero-order valence-electron chi connectivity index (χ0n) is 37.1. The van der Waals surface area contributed by atoms with Crippen LogP contribution in [-0.2, 0) is 62.1 Å². The number of rotatable bonds is 38. The van der Waals surface area contributed by atoms with Crippen molar-refractivity contribution in [3.05, 3.63) is 108 Å². The van der Waals surface area contributed by atoms with E-state index in [1.807, 2.05) is 54.6 Å². The lowest BCUT2D eigenvalue weighted by Gasteiger charge is -2.36. The fourth-order valence-corrected chi connectivity index (χ4v) is 6.70. The topological polar surface area (TPSA) is 111 Å². The molecule has 0 radical (unpaired) electrons. The Balaban J connectivity index is 1.03. The Labute approximate surface area is 361 Å². The summed E-state index contributed by atoms with van der Waals surface area (Å²) in [6.07, 6.45) is 0. The summed E-state index contributed by atoms with van der Waals surface area (Å²) in [6.45, 7) is 22.4. The molecule has 0 amide bonds. The summed E-state index contributed by atoms with van der Waals surface area (Å²) < 4.78 is 68.8. The lowest BCUT2D eigenvalue weighted by Crippen LogP contribution is -2.41. The Morgan fingerprint density at radius 3 is 0.767 bits per heavy atom. The van der Waals surface area contributed by atoms with E-state index in [2.05, 4.69) is 70.3 Å². The van der Waals surface area contributed by atoms with Crippen LogP contribution in [0, 0.1) is 0 Å². The molecule has 0 heterocycles. The third-order valence-corrected chi connectivity index (χ3v) is 14.5. The molecule has 0 aromatic heterocycles. The molecule has 3 aromatic rings. The Bertz CT molecular complexity index is 1320. The molecule has 0 saturated carbocycles. The van der Waals surface area contributed by atoms with Gasteiger partial charge in [0.1, 0.15) is 5.60 Å². The first-order chi connectivity index (χ1) is 29.3. The summed E-state index contributed by atoms with van der Waals surface area (Å²) in [5.74, 6) is 0. The second kappa shape index (κ2) is 32.1. The van der Waals surface area contributed by atoms with Crippen LogP contribution in [0.25, 0.3) is 0 Å². The molecule has 3 rings (SSSR count). The number of ether oxygens (including phenoxy) is 11. The van der Waals surface area contributed by atoms with E-state index >= 15 is 0 Å². The van der Waals surface area contributed by atoms with Crippen LogP contribution in [0.1, 0.15) is 37.5 Å². The number of benzene rings is 3. The number of hydrogen-bond donors (Lipinski definition) is 0. The van der Waals surface area contributed by atoms with Gasteiger partial charge in [0.25, 0.3) is 0 Å². The third-order valence-electron chi connectivity index (χ3n) is 9.93. The van der Waals surface area contributed by atoms with Gasteiger partial charge in [0.05, 0.1) is 145 Å². The molecular formula is C47H74O12Si. The zero-order chi connectivity index (χ0) is 42.9. The third kappa shape index (κ3) is 21.5. The maximum atomic E-state index is 6.74. The minimum atomic E-state index is -1.71. The van der Waals surface area contributed by atoms with E-state index in [4.69, 9.17) is 56.5 Å². The van der Waals surface area contributed by atoms with Crippen molar-refractivity contribution in [1.29, 1.82) is 0 Å². The van der Waals surface area contributed by atoms with Gasteiger partial charge in [-0.15, -0.1) is 0 Å². The average molecular weight is 859 g/mol. The molecule has 3 aromatic carbocycles. The van der Waals surface area contributed by atoms with Gasteiger partial charge >= 0.3 is 0 Å². The van der Waals surface area contributed by atoms with Gasteiger partial charge in [0.15, 0.2) is 8.32 Å². The molecule has 338 valence electrons. The Morgan fingerprint density at radius 2 is 0.533 bits per heavy atom. The highest BCUT2D eigenvalue weighted by Gasteiger charge is 2.38. The SMILES string of the molecule is CC(C)(C)[Si](C)(C)OCCOCCOCCOCCOCCOCCOCCOCCOCCOCCOCCOC(c1ccccc1)(c1ccccc1)c1ccccc1. The number of hydrogen-bond acceptors (Lipinski definition) is 12. The highest BCUT2D eigenvalue weighted by Crippen LogP contribution is 2.40. The first kappa shape index (κ1) is 51.7. The van der Waals surface area contributed by atoms with Gasteiger partial charge < -0.3 is 56.5 Å². The first-order valence-corrected chi connectivity index (χ1v) is 24.4. The van der Waals surface area contributed by atoms with Crippen LogP contribution in [0.5, 0.6) is 0 Å². The summed E-state index contributed by atoms with van der Waals surface area (Å²) in [7, 11) is -1.71. The molecule has 0 spiro atoms. The lowest BCUT2D eigenvalue weighted by atomic mass is 9.80. The van der Waals surface area contributed by atoms with E-state index in [1.54, 1.807) is 0 Å². The largest absolute Gasteiger partial charge is 0.414 e. The predicted molar refractivity (Wildman–Crippen MR) is 236 cm³/mol. The van der Waals surface area contributed by atoms with Gasteiger partial charge in [-0.3, -0.25) is 0 Å². The van der Waals surface area contributed by atoms with Crippen molar-refractivity contribution in [1.82, 2.24) is 0 Å².